The number of carbonyl (C=O) groups is 1. The number of thiophene rings is 1. The molecule has 0 fully saturated rings. The van der Waals surface area contributed by atoms with Crippen molar-refractivity contribution in [1.29, 1.82) is 0 Å². The Morgan fingerprint density at radius 2 is 1.86 bits per heavy atom. The van der Waals surface area contributed by atoms with E-state index >= 15 is 0 Å². The van der Waals surface area contributed by atoms with Crippen molar-refractivity contribution in [2.24, 2.45) is 0 Å². The highest BCUT2D eigenvalue weighted by Crippen LogP contribution is 2.43. The van der Waals surface area contributed by atoms with Crippen LogP contribution in [0, 0.1) is 13.8 Å². The van der Waals surface area contributed by atoms with E-state index in [-0.39, 0.29) is 12.1 Å². The molecule has 2 aromatic carbocycles. The van der Waals surface area contributed by atoms with Gasteiger partial charge in [-0.1, -0.05) is 49.4 Å². The molecule has 2 aliphatic heterocycles. The van der Waals surface area contributed by atoms with Crippen LogP contribution in [0.1, 0.15) is 51.4 Å². The van der Waals surface area contributed by atoms with Crippen LogP contribution in [0.4, 0.5) is 10.5 Å². The van der Waals surface area contributed by atoms with Crippen LogP contribution in [0.3, 0.4) is 0 Å². The maximum atomic E-state index is 14.1. The number of nitrogens with zero attached hydrogens (tertiary/aromatic N) is 3. The summed E-state index contributed by atoms with van der Waals surface area (Å²) >= 11 is 1.90. The van der Waals surface area contributed by atoms with Crippen LogP contribution < -0.4 is 5.32 Å². The predicted octanol–water partition coefficient (Wildman–Crippen LogP) is 6.67. The average molecular weight is 497 g/mol. The fraction of sp³-hybridized carbons (Fsp3) is 0.300. The first-order valence-corrected chi connectivity index (χ1v) is 13.6. The fourth-order valence-corrected chi connectivity index (χ4v) is 7.00. The van der Waals surface area contributed by atoms with Gasteiger partial charge in [0, 0.05) is 35.4 Å². The molecule has 1 N–H and O–H groups in total. The maximum Gasteiger partial charge on any atom is 0.322 e. The van der Waals surface area contributed by atoms with Crippen molar-refractivity contribution in [2.75, 3.05) is 18.4 Å². The van der Waals surface area contributed by atoms with Gasteiger partial charge in [-0.05, 0) is 67.3 Å². The van der Waals surface area contributed by atoms with E-state index in [0.29, 0.717) is 6.54 Å². The highest BCUT2D eigenvalue weighted by atomic mass is 32.1. The van der Waals surface area contributed by atoms with E-state index in [0.717, 1.165) is 54.1 Å². The van der Waals surface area contributed by atoms with Gasteiger partial charge in [-0.2, -0.15) is 0 Å². The Bertz CT molecular complexity index is 1420. The summed E-state index contributed by atoms with van der Waals surface area (Å²) in [4.78, 5) is 20.1. The number of urea groups is 1. The van der Waals surface area contributed by atoms with E-state index in [1.54, 1.807) is 0 Å². The van der Waals surface area contributed by atoms with Gasteiger partial charge in [0.25, 0.3) is 0 Å². The van der Waals surface area contributed by atoms with Crippen LogP contribution in [0.25, 0.3) is 5.00 Å². The summed E-state index contributed by atoms with van der Waals surface area (Å²) in [5.74, 6) is 0. The Morgan fingerprint density at radius 1 is 1.03 bits per heavy atom. The molecule has 0 saturated carbocycles. The Kier molecular flexibility index (Phi) is 5.94. The molecule has 0 saturated heterocycles. The molecule has 1 atom stereocenters. The van der Waals surface area contributed by atoms with Crippen molar-refractivity contribution in [3.63, 3.8) is 0 Å². The minimum absolute atomic E-state index is 0.0657. The highest BCUT2D eigenvalue weighted by molar-refractivity contribution is 7.15. The molecule has 4 aromatic rings. The van der Waals surface area contributed by atoms with E-state index in [9.17, 15) is 4.79 Å². The second-order valence-corrected chi connectivity index (χ2v) is 11.0. The summed E-state index contributed by atoms with van der Waals surface area (Å²) in [5, 5.41) is 4.53. The van der Waals surface area contributed by atoms with Crippen LogP contribution >= 0.6 is 11.3 Å². The van der Waals surface area contributed by atoms with Gasteiger partial charge in [0.2, 0.25) is 0 Å². The molecular formula is C30H32N4OS. The second kappa shape index (κ2) is 9.26. The number of benzene rings is 2. The molecule has 0 unspecified atom stereocenters. The van der Waals surface area contributed by atoms with Gasteiger partial charge in [0.15, 0.2) is 0 Å². The van der Waals surface area contributed by atoms with Gasteiger partial charge in [0.1, 0.15) is 5.00 Å². The monoisotopic (exact) mass is 496 g/mol. The molecule has 5 nitrogen and oxygen atoms in total. The number of hydrogen-bond acceptors (Lipinski definition) is 3. The SMILES string of the molecule is CCN1CCc2c(sc3c2CN(C(=O)Nc2cc(C)ccc2C)[C@@H](c2ccccc2)c2cccn2-3)C1. The Morgan fingerprint density at radius 3 is 2.67 bits per heavy atom. The summed E-state index contributed by atoms with van der Waals surface area (Å²) in [7, 11) is 0. The van der Waals surface area contributed by atoms with Crippen molar-refractivity contribution in [3.8, 4) is 5.00 Å². The Labute approximate surface area is 217 Å². The van der Waals surface area contributed by atoms with Gasteiger partial charge in [-0.15, -0.1) is 11.3 Å². The Hall–Kier alpha value is -3.35. The number of aromatic nitrogens is 1. The van der Waals surface area contributed by atoms with Crippen molar-refractivity contribution >= 4 is 23.1 Å². The van der Waals surface area contributed by atoms with Gasteiger partial charge in [-0.3, -0.25) is 4.90 Å². The van der Waals surface area contributed by atoms with Crippen molar-refractivity contribution in [2.45, 2.75) is 46.3 Å². The third-order valence-corrected chi connectivity index (χ3v) is 8.86. The Balaban J connectivity index is 1.48. The summed E-state index contributed by atoms with van der Waals surface area (Å²) in [6, 6.07) is 20.7. The highest BCUT2D eigenvalue weighted by Gasteiger charge is 2.36. The minimum atomic E-state index is -0.183. The quantitative estimate of drug-likeness (QED) is 0.344. The van der Waals surface area contributed by atoms with Gasteiger partial charge < -0.3 is 14.8 Å². The molecule has 6 rings (SSSR count). The van der Waals surface area contributed by atoms with Gasteiger partial charge >= 0.3 is 6.03 Å². The number of nitrogens with one attached hydrogen (secondary N) is 1. The van der Waals surface area contributed by atoms with Crippen LogP contribution in [0.15, 0.2) is 66.9 Å². The van der Waals surface area contributed by atoms with E-state index in [1.807, 2.05) is 29.2 Å². The largest absolute Gasteiger partial charge is 0.322 e. The zero-order valence-corrected chi connectivity index (χ0v) is 21.9. The molecule has 4 heterocycles. The summed E-state index contributed by atoms with van der Waals surface area (Å²) in [5.41, 5.74) is 8.07. The van der Waals surface area contributed by atoms with Crippen LogP contribution in [0.5, 0.6) is 0 Å². The number of rotatable bonds is 3. The topological polar surface area (TPSA) is 40.5 Å². The number of carbonyl (C=O) groups excluding carboxylic acids is 1. The zero-order chi connectivity index (χ0) is 24.8. The molecule has 36 heavy (non-hydrogen) atoms. The summed E-state index contributed by atoms with van der Waals surface area (Å²) in [6.45, 7) is 10.1. The van der Waals surface area contributed by atoms with E-state index in [4.69, 9.17) is 0 Å². The summed E-state index contributed by atoms with van der Waals surface area (Å²) in [6.07, 6.45) is 3.20. The first kappa shape index (κ1) is 23.1. The van der Waals surface area contributed by atoms with Crippen LogP contribution in [0.2, 0.25) is 0 Å². The lowest BCUT2D eigenvalue weighted by atomic mass is 10.00. The number of aryl methyl sites for hydroxylation is 2. The number of amides is 2. The molecule has 0 bridgehead atoms. The summed E-state index contributed by atoms with van der Waals surface area (Å²) < 4.78 is 2.33. The maximum absolute atomic E-state index is 14.1. The fourth-order valence-electron chi connectivity index (χ4n) is 5.59. The minimum Gasteiger partial charge on any atom is -0.310 e. The standard InChI is InChI=1S/C30H32N4OS/c1-4-32-16-14-23-24-18-34(30(35)31-25-17-20(2)12-13-21(25)3)28(22-9-6-5-7-10-22)26-11-8-15-33(26)29(24)36-27(23)19-32/h5-13,15,17,28H,4,14,16,18-19H2,1-3H3,(H,31,35)/t28-/m0/s1. The number of anilines is 1. The lowest BCUT2D eigenvalue weighted by Crippen LogP contribution is -2.38. The van der Waals surface area contributed by atoms with Crippen molar-refractivity contribution in [3.05, 3.63) is 105 Å². The van der Waals surface area contributed by atoms with Crippen molar-refractivity contribution < 1.29 is 4.79 Å². The van der Waals surface area contributed by atoms with E-state index in [1.165, 1.54) is 21.0 Å². The lowest BCUT2D eigenvalue weighted by Gasteiger charge is -2.32. The van der Waals surface area contributed by atoms with Gasteiger partial charge in [0.05, 0.1) is 18.3 Å². The average Bonchev–Trinajstić information content (AvgIpc) is 3.48. The molecule has 6 heteroatoms. The molecule has 2 amide bonds. The molecule has 0 spiro atoms. The second-order valence-electron chi connectivity index (χ2n) is 9.90. The normalized spacial score (nSPS) is 17.2. The molecular weight excluding hydrogens is 464 g/mol. The van der Waals surface area contributed by atoms with E-state index < -0.39 is 0 Å². The lowest BCUT2D eigenvalue weighted by molar-refractivity contribution is 0.194. The third-order valence-electron chi connectivity index (χ3n) is 7.60. The predicted molar refractivity (Wildman–Crippen MR) is 147 cm³/mol. The molecule has 2 aromatic heterocycles. The first-order valence-electron chi connectivity index (χ1n) is 12.8. The molecule has 0 radical (unpaired) electrons. The first-order chi connectivity index (χ1) is 17.5. The van der Waals surface area contributed by atoms with Gasteiger partial charge in [-0.25, -0.2) is 4.79 Å². The van der Waals surface area contributed by atoms with E-state index in [2.05, 4.69) is 89.4 Å². The van der Waals surface area contributed by atoms with Crippen LogP contribution in [-0.2, 0) is 19.5 Å². The molecule has 0 aliphatic carbocycles. The van der Waals surface area contributed by atoms with Crippen LogP contribution in [-0.4, -0.2) is 33.5 Å². The molecule has 184 valence electrons. The zero-order valence-electron chi connectivity index (χ0n) is 21.1. The number of likely N-dealkylation sites (N-methyl/N-ethyl adjacent to an activating group) is 1. The number of fused-ring (bicyclic) bond motifs is 5. The smallest absolute Gasteiger partial charge is 0.310 e. The van der Waals surface area contributed by atoms with Crippen molar-refractivity contribution in [1.82, 2.24) is 14.4 Å². The third kappa shape index (κ3) is 3.94. The molecule has 2 aliphatic rings. The number of hydrogen-bond donors (Lipinski definition) is 1.